The van der Waals surface area contributed by atoms with E-state index in [0.29, 0.717) is 5.56 Å². The van der Waals surface area contributed by atoms with Crippen molar-refractivity contribution in [1.29, 1.82) is 0 Å². The Morgan fingerprint density at radius 3 is 2.12 bits per heavy atom. The largest absolute Gasteiger partial charge is 0.573 e. The summed E-state index contributed by atoms with van der Waals surface area (Å²) in [5, 5.41) is 15.6. The highest BCUT2D eigenvalue weighted by Crippen LogP contribution is 2.23. The second-order valence-corrected chi connectivity index (χ2v) is 5.82. The van der Waals surface area contributed by atoms with Gasteiger partial charge in [0.25, 0.3) is 0 Å². The smallest absolute Gasteiger partial charge is 0.508 e. The quantitative estimate of drug-likeness (QED) is 0.844. The first-order valence-corrected chi connectivity index (χ1v) is 8.08. The molecule has 0 spiro atoms. The Morgan fingerprint density at radius 2 is 1.54 bits per heavy atom. The van der Waals surface area contributed by atoms with E-state index < -0.39 is 6.36 Å². The first-order valence-electron chi connectivity index (χ1n) is 8.08. The molecule has 1 saturated heterocycles. The Bertz CT molecular complexity index is 738. The predicted octanol–water partition coefficient (Wildman–Crippen LogP) is 3.45. The second kappa shape index (κ2) is 7.55. The molecule has 2 aromatic carbocycles. The van der Waals surface area contributed by atoms with Crippen LogP contribution in [0.25, 0.3) is 0 Å². The van der Waals surface area contributed by atoms with Crippen molar-refractivity contribution in [2.75, 3.05) is 31.1 Å². The summed E-state index contributed by atoms with van der Waals surface area (Å²) in [6.07, 6.45) is -3.07. The Kier molecular flexibility index (Phi) is 5.20. The number of ether oxygens (including phenoxy) is 1. The number of phenolic OH excluding ortho intramolecular Hbond substituents is 1. The van der Waals surface area contributed by atoms with Gasteiger partial charge in [-0.1, -0.05) is 0 Å². The predicted molar refractivity (Wildman–Crippen MR) is 92.6 cm³/mol. The normalized spacial score (nSPS) is 15.5. The molecule has 1 aliphatic rings. The number of anilines is 1. The van der Waals surface area contributed by atoms with Crippen LogP contribution in [0.4, 0.5) is 18.9 Å². The summed E-state index contributed by atoms with van der Waals surface area (Å²) in [6, 6.07) is 12.6. The molecule has 0 aliphatic carbocycles. The van der Waals surface area contributed by atoms with Crippen LogP contribution in [-0.4, -0.2) is 48.9 Å². The minimum atomic E-state index is -4.69. The number of piperazine rings is 1. The maximum atomic E-state index is 12.1. The summed E-state index contributed by atoms with van der Waals surface area (Å²) in [7, 11) is 0. The highest BCUT2D eigenvalue weighted by molar-refractivity contribution is 5.79. The van der Waals surface area contributed by atoms with Crippen molar-refractivity contribution in [3.63, 3.8) is 0 Å². The van der Waals surface area contributed by atoms with Crippen LogP contribution in [0, 0.1) is 0 Å². The van der Waals surface area contributed by atoms with Gasteiger partial charge in [0.15, 0.2) is 0 Å². The van der Waals surface area contributed by atoms with E-state index in [2.05, 4.69) is 14.7 Å². The number of aromatic hydroxyl groups is 1. The van der Waals surface area contributed by atoms with Crippen LogP contribution in [0.2, 0.25) is 0 Å². The third kappa shape index (κ3) is 5.05. The van der Waals surface area contributed by atoms with Crippen molar-refractivity contribution >= 4 is 11.9 Å². The van der Waals surface area contributed by atoms with E-state index in [4.69, 9.17) is 0 Å². The topological polar surface area (TPSA) is 48.3 Å². The maximum absolute atomic E-state index is 12.1. The van der Waals surface area contributed by atoms with Crippen molar-refractivity contribution < 1.29 is 23.0 Å². The van der Waals surface area contributed by atoms with Crippen molar-refractivity contribution in [2.45, 2.75) is 6.36 Å². The number of phenols is 1. The number of alkyl halides is 3. The van der Waals surface area contributed by atoms with Gasteiger partial charge < -0.3 is 14.7 Å². The lowest BCUT2D eigenvalue weighted by Gasteiger charge is -2.34. The zero-order chi connectivity index (χ0) is 18.6. The molecule has 0 amide bonds. The average molecular weight is 365 g/mol. The lowest BCUT2D eigenvalue weighted by atomic mass is 10.2. The Hall–Kier alpha value is -2.90. The van der Waals surface area contributed by atoms with Gasteiger partial charge in [-0.05, 0) is 54.1 Å². The molecule has 138 valence electrons. The van der Waals surface area contributed by atoms with Crippen LogP contribution in [0.1, 0.15) is 5.56 Å². The fourth-order valence-corrected chi connectivity index (χ4v) is 2.64. The molecule has 1 aliphatic heterocycles. The van der Waals surface area contributed by atoms with Crippen LogP contribution in [0.15, 0.2) is 53.6 Å². The van der Waals surface area contributed by atoms with Gasteiger partial charge in [0, 0.05) is 18.8 Å². The number of hydrogen-bond donors (Lipinski definition) is 1. The molecule has 26 heavy (non-hydrogen) atoms. The third-order valence-electron chi connectivity index (χ3n) is 3.95. The van der Waals surface area contributed by atoms with Gasteiger partial charge in [0.1, 0.15) is 11.5 Å². The van der Waals surface area contributed by atoms with Gasteiger partial charge in [-0.3, -0.25) is 5.01 Å². The number of nitrogens with zero attached hydrogens (tertiary/aromatic N) is 3. The molecule has 0 bridgehead atoms. The van der Waals surface area contributed by atoms with Crippen LogP contribution in [-0.2, 0) is 0 Å². The molecule has 5 nitrogen and oxygen atoms in total. The van der Waals surface area contributed by atoms with Gasteiger partial charge in [-0.15, -0.1) is 13.2 Å². The molecule has 0 unspecified atom stereocenters. The standard InChI is InChI=1S/C18H18F3N3O2/c19-18(20,21)26-17-7-1-14(2-8-17)13-22-24-11-9-23(10-12-24)15-3-5-16(25)6-4-15/h1-8,13,25H,9-12H2/b22-13+. The molecule has 0 saturated carbocycles. The number of hydrogen-bond acceptors (Lipinski definition) is 5. The lowest BCUT2D eigenvalue weighted by Crippen LogP contribution is -2.44. The summed E-state index contributed by atoms with van der Waals surface area (Å²) < 4.78 is 40.2. The molecular weight excluding hydrogens is 347 g/mol. The number of halogens is 3. The van der Waals surface area contributed by atoms with Gasteiger partial charge in [0.2, 0.25) is 0 Å². The summed E-state index contributed by atoms with van der Waals surface area (Å²) in [4.78, 5) is 2.20. The van der Waals surface area contributed by atoms with E-state index in [-0.39, 0.29) is 11.5 Å². The minimum absolute atomic E-state index is 0.239. The van der Waals surface area contributed by atoms with E-state index in [1.165, 1.54) is 24.3 Å². The maximum Gasteiger partial charge on any atom is 0.573 e. The first-order chi connectivity index (χ1) is 12.4. The van der Waals surface area contributed by atoms with E-state index >= 15 is 0 Å². The Labute approximate surface area is 148 Å². The Balaban J connectivity index is 1.51. The zero-order valence-corrected chi connectivity index (χ0v) is 13.9. The summed E-state index contributed by atoms with van der Waals surface area (Å²) in [5.74, 6) is -0.0131. The summed E-state index contributed by atoms with van der Waals surface area (Å²) in [5.41, 5.74) is 1.74. The molecule has 3 rings (SSSR count). The number of rotatable bonds is 4. The highest BCUT2D eigenvalue weighted by Gasteiger charge is 2.30. The molecule has 1 fully saturated rings. The van der Waals surface area contributed by atoms with Crippen molar-refractivity contribution in [3.8, 4) is 11.5 Å². The van der Waals surface area contributed by atoms with Crippen molar-refractivity contribution in [1.82, 2.24) is 5.01 Å². The monoisotopic (exact) mass is 365 g/mol. The zero-order valence-electron chi connectivity index (χ0n) is 13.9. The van der Waals surface area contributed by atoms with Crippen LogP contribution in [0.3, 0.4) is 0 Å². The molecule has 0 atom stereocenters. The van der Waals surface area contributed by atoms with Gasteiger partial charge in [-0.2, -0.15) is 5.10 Å². The molecule has 0 radical (unpaired) electrons. The van der Waals surface area contributed by atoms with Crippen LogP contribution < -0.4 is 9.64 Å². The van der Waals surface area contributed by atoms with E-state index in [1.807, 2.05) is 17.1 Å². The molecule has 1 N–H and O–H groups in total. The number of hydrazone groups is 1. The molecule has 1 heterocycles. The lowest BCUT2D eigenvalue weighted by molar-refractivity contribution is -0.274. The van der Waals surface area contributed by atoms with Crippen LogP contribution in [0.5, 0.6) is 11.5 Å². The fraction of sp³-hybridized carbons (Fsp3) is 0.278. The van der Waals surface area contributed by atoms with E-state index in [9.17, 15) is 18.3 Å². The summed E-state index contributed by atoms with van der Waals surface area (Å²) >= 11 is 0. The van der Waals surface area contributed by atoms with E-state index in [1.54, 1.807) is 18.3 Å². The third-order valence-corrected chi connectivity index (χ3v) is 3.95. The van der Waals surface area contributed by atoms with Gasteiger partial charge >= 0.3 is 6.36 Å². The average Bonchev–Trinajstić information content (AvgIpc) is 2.61. The van der Waals surface area contributed by atoms with E-state index in [0.717, 1.165) is 31.9 Å². The van der Waals surface area contributed by atoms with Gasteiger partial charge in [-0.25, -0.2) is 0 Å². The molecule has 2 aromatic rings. The molecule has 0 aromatic heterocycles. The Morgan fingerprint density at radius 1 is 0.923 bits per heavy atom. The van der Waals surface area contributed by atoms with Gasteiger partial charge in [0.05, 0.1) is 19.3 Å². The molecule has 8 heteroatoms. The highest BCUT2D eigenvalue weighted by atomic mass is 19.4. The SMILES string of the molecule is Oc1ccc(N2CCN(/N=C/c3ccc(OC(F)(F)F)cc3)CC2)cc1. The minimum Gasteiger partial charge on any atom is -0.508 e. The molecular formula is C18H18F3N3O2. The van der Waals surface area contributed by atoms with Crippen molar-refractivity contribution in [2.24, 2.45) is 5.10 Å². The second-order valence-electron chi connectivity index (χ2n) is 5.82. The number of benzene rings is 2. The fourth-order valence-electron chi connectivity index (χ4n) is 2.64. The summed E-state index contributed by atoms with van der Waals surface area (Å²) in [6.45, 7) is 3.04. The van der Waals surface area contributed by atoms with Crippen molar-refractivity contribution in [3.05, 3.63) is 54.1 Å². The first kappa shape index (κ1) is 17.9. The van der Waals surface area contributed by atoms with Crippen LogP contribution >= 0.6 is 0 Å².